The Bertz CT molecular complexity index is 245. The summed E-state index contributed by atoms with van der Waals surface area (Å²) in [7, 11) is 0. The van der Waals surface area contributed by atoms with Gasteiger partial charge in [-0.2, -0.15) is 0 Å². The van der Waals surface area contributed by atoms with Crippen LogP contribution < -0.4 is 0 Å². The van der Waals surface area contributed by atoms with Crippen molar-refractivity contribution in [3.63, 3.8) is 0 Å². The van der Waals surface area contributed by atoms with Gasteiger partial charge >= 0.3 is 11.9 Å². The molecule has 0 saturated carbocycles. The van der Waals surface area contributed by atoms with Gasteiger partial charge in [0, 0.05) is 12.8 Å². The first-order valence-electron chi connectivity index (χ1n) is 7.39. The normalized spacial score (nSPS) is 11.5. The fourth-order valence-electron chi connectivity index (χ4n) is 2.60. The highest BCUT2D eigenvalue weighted by Gasteiger charge is 2.30. The van der Waals surface area contributed by atoms with E-state index >= 15 is 0 Å². The second-order valence-corrected chi connectivity index (χ2v) is 5.49. The Labute approximate surface area is 116 Å². The number of carboxylic acid groups (broad SMARTS) is 2. The molecule has 0 aromatic carbocycles. The third kappa shape index (κ3) is 8.62. The molecule has 0 bridgehead atoms. The molecule has 0 heterocycles. The molecule has 0 saturated heterocycles. The van der Waals surface area contributed by atoms with Gasteiger partial charge in [0.25, 0.3) is 0 Å². The maximum absolute atomic E-state index is 10.8. The van der Waals surface area contributed by atoms with Crippen LogP contribution in [0.4, 0.5) is 0 Å². The SMILES string of the molecule is CCCCC(CCCC)(CCC(=O)O)CCC(=O)O. The largest absolute Gasteiger partial charge is 0.481 e. The lowest BCUT2D eigenvalue weighted by atomic mass is 9.71. The summed E-state index contributed by atoms with van der Waals surface area (Å²) in [6.07, 6.45) is 7.62. The molecule has 0 aromatic rings. The predicted octanol–water partition coefficient (Wildman–Crippen LogP) is 4.08. The molecule has 0 aliphatic rings. The molecule has 4 nitrogen and oxygen atoms in total. The van der Waals surface area contributed by atoms with Crippen molar-refractivity contribution in [2.45, 2.75) is 78.1 Å². The molecule has 0 amide bonds. The molecule has 2 N–H and O–H groups in total. The number of carbonyl (C=O) groups is 2. The van der Waals surface area contributed by atoms with Crippen LogP contribution in [0.25, 0.3) is 0 Å². The smallest absolute Gasteiger partial charge is 0.303 e. The summed E-state index contributed by atoms with van der Waals surface area (Å²) in [5.41, 5.74) is -0.0944. The van der Waals surface area contributed by atoms with E-state index in [4.69, 9.17) is 10.2 Å². The maximum Gasteiger partial charge on any atom is 0.303 e. The molecule has 0 rings (SSSR count). The lowest BCUT2D eigenvalue weighted by Crippen LogP contribution is -2.23. The predicted molar refractivity (Wildman–Crippen MR) is 75.2 cm³/mol. The van der Waals surface area contributed by atoms with Crippen LogP contribution in [-0.2, 0) is 9.59 Å². The van der Waals surface area contributed by atoms with E-state index in [9.17, 15) is 9.59 Å². The Morgan fingerprint density at radius 2 is 1.16 bits per heavy atom. The Kier molecular flexibility index (Phi) is 9.27. The molecule has 0 radical (unpaired) electrons. The van der Waals surface area contributed by atoms with Crippen LogP contribution >= 0.6 is 0 Å². The molecule has 19 heavy (non-hydrogen) atoms. The fourth-order valence-corrected chi connectivity index (χ4v) is 2.60. The van der Waals surface area contributed by atoms with Crippen molar-refractivity contribution in [1.82, 2.24) is 0 Å². The lowest BCUT2D eigenvalue weighted by Gasteiger charge is -2.33. The van der Waals surface area contributed by atoms with Crippen LogP contribution in [0, 0.1) is 5.41 Å². The molecule has 0 aliphatic carbocycles. The quantitative estimate of drug-likeness (QED) is 0.561. The summed E-state index contributed by atoms with van der Waals surface area (Å²) in [4.78, 5) is 21.6. The van der Waals surface area contributed by atoms with E-state index in [0.717, 1.165) is 38.5 Å². The van der Waals surface area contributed by atoms with E-state index in [2.05, 4.69) is 13.8 Å². The van der Waals surface area contributed by atoms with Gasteiger partial charge in [-0.05, 0) is 31.1 Å². The molecule has 0 atom stereocenters. The van der Waals surface area contributed by atoms with Gasteiger partial charge in [0.05, 0.1) is 0 Å². The standard InChI is InChI=1S/C15H28O4/c1-3-5-9-15(10-6-4-2,11-7-13(16)17)12-8-14(18)19/h3-12H2,1-2H3,(H,16,17)(H,18,19). The zero-order valence-corrected chi connectivity index (χ0v) is 12.3. The number of hydrogen-bond acceptors (Lipinski definition) is 2. The van der Waals surface area contributed by atoms with Gasteiger partial charge in [0.1, 0.15) is 0 Å². The topological polar surface area (TPSA) is 74.6 Å². The van der Waals surface area contributed by atoms with E-state index in [1.165, 1.54) is 0 Å². The molecule has 0 spiro atoms. The molecule has 0 unspecified atom stereocenters. The van der Waals surface area contributed by atoms with E-state index in [1.807, 2.05) is 0 Å². The van der Waals surface area contributed by atoms with Crippen LogP contribution in [0.2, 0.25) is 0 Å². The minimum atomic E-state index is -0.785. The Morgan fingerprint density at radius 1 is 0.789 bits per heavy atom. The van der Waals surface area contributed by atoms with Crippen molar-refractivity contribution >= 4 is 11.9 Å². The summed E-state index contributed by atoms with van der Waals surface area (Å²) in [6.45, 7) is 4.22. The average molecular weight is 272 g/mol. The zero-order valence-electron chi connectivity index (χ0n) is 12.3. The van der Waals surface area contributed by atoms with E-state index in [0.29, 0.717) is 12.8 Å². The van der Waals surface area contributed by atoms with E-state index in [-0.39, 0.29) is 18.3 Å². The zero-order chi connectivity index (χ0) is 14.7. The van der Waals surface area contributed by atoms with Crippen LogP contribution in [0.15, 0.2) is 0 Å². The van der Waals surface area contributed by atoms with Crippen molar-refractivity contribution in [2.24, 2.45) is 5.41 Å². The molecular formula is C15H28O4. The van der Waals surface area contributed by atoms with Gasteiger partial charge in [-0.1, -0.05) is 39.5 Å². The van der Waals surface area contributed by atoms with Crippen molar-refractivity contribution in [2.75, 3.05) is 0 Å². The minimum absolute atomic E-state index is 0.0944. The highest BCUT2D eigenvalue weighted by atomic mass is 16.4. The fraction of sp³-hybridized carbons (Fsp3) is 0.867. The van der Waals surface area contributed by atoms with Crippen LogP contribution in [0.3, 0.4) is 0 Å². The molecule has 4 heteroatoms. The number of aliphatic carboxylic acids is 2. The van der Waals surface area contributed by atoms with Crippen molar-refractivity contribution in [1.29, 1.82) is 0 Å². The van der Waals surface area contributed by atoms with Gasteiger partial charge < -0.3 is 10.2 Å². The van der Waals surface area contributed by atoms with Gasteiger partial charge in [0.2, 0.25) is 0 Å². The Hall–Kier alpha value is -1.06. The number of unbranched alkanes of at least 4 members (excludes halogenated alkanes) is 2. The maximum atomic E-state index is 10.8. The molecular weight excluding hydrogens is 244 g/mol. The van der Waals surface area contributed by atoms with Crippen molar-refractivity contribution in [3.8, 4) is 0 Å². The van der Waals surface area contributed by atoms with Gasteiger partial charge in [-0.25, -0.2) is 0 Å². The van der Waals surface area contributed by atoms with E-state index < -0.39 is 11.9 Å². The van der Waals surface area contributed by atoms with Gasteiger partial charge in [0.15, 0.2) is 0 Å². The first-order valence-corrected chi connectivity index (χ1v) is 7.39. The first kappa shape index (κ1) is 17.9. The summed E-state index contributed by atoms with van der Waals surface area (Å²) >= 11 is 0. The number of carboxylic acids is 2. The first-order chi connectivity index (χ1) is 8.95. The van der Waals surface area contributed by atoms with Crippen LogP contribution in [0.1, 0.15) is 78.1 Å². The second kappa shape index (κ2) is 9.82. The molecule has 0 aliphatic heterocycles. The third-order valence-electron chi connectivity index (χ3n) is 3.86. The van der Waals surface area contributed by atoms with Crippen LogP contribution in [0.5, 0.6) is 0 Å². The summed E-state index contributed by atoms with van der Waals surface area (Å²) in [5, 5.41) is 17.8. The highest BCUT2D eigenvalue weighted by Crippen LogP contribution is 2.40. The van der Waals surface area contributed by atoms with E-state index in [1.54, 1.807) is 0 Å². The summed E-state index contributed by atoms with van der Waals surface area (Å²) in [5.74, 6) is -1.57. The van der Waals surface area contributed by atoms with Crippen molar-refractivity contribution in [3.05, 3.63) is 0 Å². The van der Waals surface area contributed by atoms with Crippen LogP contribution in [-0.4, -0.2) is 22.2 Å². The second-order valence-electron chi connectivity index (χ2n) is 5.49. The summed E-state index contributed by atoms with van der Waals surface area (Å²) in [6, 6.07) is 0. The van der Waals surface area contributed by atoms with Gasteiger partial charge in [-0.3, -0.25) is 9.59 Å². The molecule has 0 fully saturated rings. The van der Waals surface area contributed by atoms with Crippen molar-refractivity contribution < 1.29 is 19.8 Å². The number of rotatable bonds is 12. The number of hydrogen-bond donors (Lipinski definition) is 2. The summed E-state index contributed by atoms with van der Waals surface area (Å²) < 4.78 is 0. The lowest BCUT2D eigenvalue weighted by molar-refractivity contribution is -0.138. The molecule has 112 valence electrons. The van der Waals surface area contributed by atoms with Gasteiger partial charge in [-0.15, -0.1) is 0 Å². The third-order valence-corrected chi connectivity index (χ3v) is 3.86. The minimum Gasteiger partial charge on any atom is -0.481 e. The average Bonchev–Trinajstić information content (AvgIpc) is 2.37. The monoisotopic (exact) mass is 272 g/mol. The Balaban J connectivity index is 4.71. The Morgan fingerprint density at radius 3 is 1.42 bits per heavy atom. The highest BCUT2D eigenvalue weighted by molar-refractivity contribution is 5.67. The molecule has 0 aromatic heterocycles.